The summed E-state index contributed by atoms with van der Waals surface area (Å²) in [6, 6.07) is 11.1. The van der Waals surface area contributed by atoms with Gasteiger partial charge in [0.25, 0.3) is 0 Å². The van der Waals surface area contributed by atoms with E-state index < -0.39 is 0 Å². The van der Waals surface area contributed by atoms with Crippen LogP contribution < -0.4 is 4.74 Å². The number of Topliss-reactive ketones (excluding diaryl/α,β-unsaturated/α-hetero) is 1. The number of ketones is 1. The number of hydrogen-bond donors (Lipinski definition) is 0. The molecule has 104 valence electrons. The molecule has 0 aliphatic heterocycles. The van der Waals surface area contributed by atoms with Crippen LogP contribution in [0.3, 0.4) is 0 Å². The van der Waals surface area contributed by atoms with Crippen molar-refractivity contribution < 1.29 is 14.3 Å². The summed E-state index contributed by atoms with van der Waals surface area (Å²) in [5, 5.41) is 0. The zero-order valence-corrected chi connectivity index (χ0v) is 11.6. The summed E-state index contributed by atoms with van der Waals surface area (Å²) >= 11 is 0. The van der Waals surface area contributed by atoms with Crippen LogP contribution in [0.2, 0.25) is 0 Å². The lowest BCUT2D eigenvalue weighted by Gasteiger charge is -2.08. The Kier molecular flexibility index (Phi) is 4.85. The zero-order valence-electron chi connectivity index (χ0n) is 11.6. The summed E-state index contributed by atoms with van der Waals surface area (Å²) in [6.07, 6.45) is 2.47. The average molecular weight is 271 g/mol. The Balaban J connectivity index is 2.12. The van der Waals surface area contributed by atoms with Gasteiger partial charge in [0.05, 0.1) is 12.2 Å². The van der Waals surface area contributed by atoms with Gasteiger partial charge in [-0.15, -0.1) is 0 Å². The summed E-state index contributed by atoms with van der Waals surface area (Å²) in [5.41, 5.74) is 1.66. The van der Waals surface area contributed by atoms with E-state index in [0.717, 1.165) is 6.42 Å². The molecule has 20 heavy (non-hydrogen) atoms. The largest absolute Gasteiger partial charge is 0.438 e. The molecule has 0 saturated heterocycles. The molecule has 0 saturated carbocycles. The Morgan fingerprint density at radius 3 is 2.60 bits per heavy atom. The molecule has 0 fully saturated rings. The Morgan fingerprint density at radius 1 is 1.20 bits per heavy atom. The van der Waals surface area contributed by atoms with Crippen molar-refractivity contribution in [2.75, 3.05) is 13.7 Å². The third-order valence-corrected chi connectivity index (χ3v) is 2.88. The first-order chi connectivity index (χ1) is 9.70. The highest BCUT2D eigenvalue weighted by Crippen LogP contribution is 2.23. The molecule has 0 bridgehead atoms. The molecule has 0 atom stereocenters. The average Bonchev–Trinajstić information content (AvgIpc) is 2.47. The van der Waals surface area contributed by atoms with E-state index in [0.29, 0.717) is 23.8 Å². The van der Waals surface area contributed by atoms with Gasteiger partial charge in [-0.25, -0.2) is 4.98 Å². The topological polar surface area (TPSA) is 48.4 Å². The first-order valence-electron chi connectivity index (χ1n) is 6.42. The summed E-state index contributed by atoms with van der Waals surface area (Å²) in [5.74, 6) is 0.932. The Hall–Kier alpha value is -2.20. The normalized spacial score (nSPS) is 10.3. The standard InChI is InChI=1S/C16H17NO3/c1-12(18)15-4-3-10-17-16(15)20-14-7-5-13(6-8-14)9-11-19-2/h3-8,10H,9,11H2,1-2H3. The van der Waals surface area contributed by atoms with Gasteiger partial charge in [-0.05, 0) is 43.2 Å². The number of pyridine rings is 1. The number of ether oxygens (including phenoxy) is 2. The number of aromatic nitrogens is 1. The van der Waals surface area contributed by atoms with Gasteiger partial charge < -0.3 is 9.47 Å². The molecule has 4 nitrogen and oxygen atoms in total. The minimum Gasteiger partial charge on any atom is -0.438 e. The minimum atomic E-state index is -0.0650. The molecule has 0 radical (unpaired) electrons. The fourth-order valence-corrected chi connectivity index (χ4v) is 1.80. The van der Waals surface area contributed by atoms with Crippen molar-refractivity contribution in [2.45, 2.75) is 13.3 Å². The molecule has 2 rings (SSSR count). The Labute approximate surface area is 118 Å². The van der Waals surface area contributed by atoms with Gasteiger partial charge in [0.2, 0.25) is 5.88 Å². The van der Waals surface area contributed by atoms with Crippen LogP contribution in [0.4, 0.5) is 0 Å². The predicted molar refractivity (Wildman–Crippen MR) is 76.3 cm³/mol. The van der Waals surface area contributed by atoms with Crippen molar-refractivity contribution in [1.29, 1.82) is 0 Å². The fourth-order valence-electron chi connectivity index (χ4n) is 1.80. The molecule has 0 aliphatic carbocycles. The number of benzene rings is 1. The monoisotopic (exact) mass is 271 g/mol. The van der Waals surface area contributed by atoms with Crippen LogP contribution in [0.5, 0.6) is 11.6 Å². The van der Waals surface area contributed by atoms with E-state index in [-0.39, 0.29) is 5.78 Å². The Bertz CT molecular complexity index is 579. The van der Waals surface area contributed by atoms with Crippen molar-refractivity contribution in [2.24, 2.45) is 0 Å². The molecule has 4 heteroatoms. The molecule has 0 spiro atoms. The van der Waals surface area contributed by atoms with Crippen LogP contribution in [0, 0.1) is 0 Å². The quantitative estimate of drug-likeness (QED) is 0.757. The molecule has 0 aliphatic rings. The number of carbonyl (C=O) groups excluding carboxylic acids is 1. The molecule has 0 unspecified atom stereocenters. The van der Waals surface area contributed by atoms with Crippen LogP contribution >= 0.6 is 0 Å². The summed E-state index contributed by atoms with van der Waals surface area (Å²) in [4.78, 5) is 15.6. The lowest BCUT2D eigenvalue weighted by Crippen LogP contribution is -1.99. The second-order valence-corrected chi connectivity index (χ2v) is 4.40. The highest BCUT2D eigenvalue weighted by molar-refractivity contribution is 5.96. The Morgan fingerprint density at radius 2 is 1.95 bits per heavy atom. The van der Waals surface area contributed by atoms with Crippen LogP contribution in [-0.4, -0.2) is 24.5 Å². The molecular weight excluding hydrogens is 254 g/mol. The fraction of sp³-hybridized carbons (Fsp3) is 0.250. The molecule has 2 aromatic rings. The van der Waals surface area contributed by atoms with E-state index >= 15 is 0 Å². The summed E-state index contributed by atoms with van der Waals surface area (Å²) in [6.45, 7) is 2.19. The number of carbonyl (C=O) groups is 1. The third-order valence-electron chi connectivity index (χ3n) is 2.88. The van der Waals surface area contributed by atoms with Crippen molar-refractivity contribution in [3.05, 3.63) is 53.7 Å². The van der Waals surface area contributed by atoms with Crippen molar-refractivity contribution in [1.82, 2.24) is 4.98 Å². The van der Waals surface area contributed by atoms with Gasteiger partial charge in [0, 0.05) is 13.3 Å². The molecule has 1 aromatic heterocycles. The van der Waals surface area contributed by atoms with E-state index in [1.54, 1.807) is 25.4 Å². The number of methoxy groups -OCH3 is 1. The van der Waals surface area contributed by atoms with Crippen LogP contribution in [-0.2, 0) is 11.2 Å². The highest BCUT2D eigenvalue weighted by atomic mass is 16.5. The van der Waals surface area contributed by atoms with Gasteiger partial charge in [-0.2, -0.15) is 0 Å². The van der Waals surface area contributed by atoms with E-state index in [1.165, 1.54) is 12.5 Å². The van der Waals surface area contributed by atoms with Gasteiger partial charge in [-0.1, -0.05) is 12.1 Å². The maximum atomic E-state index is 11.5. The van der Waals surface area contributed by atoms with Crippen molar-refractivity contribution in [3.63, 3.8) is 0 Å². The first-order valence-corrected chi connectivity index (χ1v) is 6.42. The van der Waals surface area contributed by atoms with Gasteiger partial charge in [-0.3, -0.25) is 4.79 Å². The minimum absolute atomic E-state index is 0.0650. The second-order valence-electron chi connectivity index (χ2n) is 4.40. The second kappa shape index (κ2) is 6.82. The molecule has 1 heterocycles. The van der Waals surface area contributed by atoms with Crippen molar-refractivity contribution in [3.8, 4) is 11.6 Å². The lowest BCUT2D eigenvalue weighted by molar-refractivity contribution is 0.101. The summed E-state index contributed by atoms with van der Waals surface area (Å²) < 4.78 is 10.7. The van der Waals surface area contributed by atoms with Gasteiger partial charge in [0.1, 0.15) is 5.75 Å². The van der Waals surface area contributed by atoms with E-state index in [9.17, 15) is 4.79 Å². The highest BCUT2D eigenvalue weighted by Gasteiger charge is 2.09. The SMILES string of the molecule is COCCc1ccc(Oc2ncccc2C(C)=O)cc1. The molecule has 1 aromatic carbocycles. The first kappa shape index (κ1) is 14.2. The number of nitrogens with zero attached hydrogens (tertiary/aromatic N) is 1. The van der Waals surface area contributed by atoms with Crippen LogP contribution in [0.25, 0.3) is 0 Å². The number of rotatable bonds is 6. The van der Waals surface area contributed by atoms with E-state index in [2.05, 4.69) is 4.98 Å². The van der Waals surface area contributed by atoms with Gasteiger partial charge in [0.15, 0.2) is 5.78 Å². The van der Waals surface area contributed by atoms with E-state index in [1.807, 2.05) is 24.3 Å². The van der Waals surface area contributed by atoms with Crippen LogP contribution in [0.1, 0.15) is 22.8 Å². The summed E-state index contributed by atoms with van der Waals surface area (Å²) in [7, 11) is 1.68. The third kappa shape index (κ3) is 3.65. The molecule has 0 N–H and O–H groups in total. The maximum Gasteiger partial charge on any atom is 0.230 e. The number of hydrogen-bond acceptors (Lipinski definition) is 4. The van der Waals surface area contributed by atoms with Crippen LogP contribution in [0.15, 0.2) is 42.6 Å². The maximum absolute atomic E-state index is 11.5. The predicted octanol–water partition coefficient (Wildman–Crippen LogP) is 3.27. The zero-order chi connectivity index (χ0) is 14.4. The lowest BCUT2D eigenvalue weighted by atomic mass is 10.1. The van der Waals surface area contributed by atoms with E-state index in [4.69, 9.17) is 9.47 Å². The van der Waals surface area contributed by atoms with Gasteiger partial charge >= 0.3 is 0 Å². The molecular formula is C16H17NO3. The smallest absolute Gasteiger partial charge is 0.230 e. The van der Waals surface area contributed by atoms with Crippen molar-refractivity contribution >= 4 is 5.78 Å². The molecule has 0 amide bonds.